The Hall–Kier alpha value is -1.21. The number of carbonyl (C=O) groups is 3. The van der Waals surface area contributed by atoms with Gasteiger partial charge in [0.25, 0.3) is 17.7 Å². The van der Waals surface area contributed by atoms with E-state index in [4.69, 9.17) is 12.2 Å². The fourth-order valence-electron chi connectivity index (χ4n) is 3.62. The van der Waals surface area contributed by atoms with E-state index < -0.39 is 0 Å². The van der Waals surface area contributed by atoms with Gasteiger partial charge in [-0.3, -0.25) is 14.4 Å². The number of hydrazine groups is 1. The van der Waals surface area contributed by atoms with E-state index in [9.17, 15) is 14.4 Å². The summed E-state index contributed by atoms with van der Waals surface area (Å²) in [5.41, 5.74) is 0. The van der Waals surface area contributed by atoms with Crippen molar-refractivity contribution in [3.8, 4) is 0 Å². The van der Waals surface area contributed by atoms with Crippen LogP contribution in [0.15, 0.2) is 12.2 Å². The third-order valence-corrected chi connectivity index (χ3v) is 5.71. The van der Waals surface area contributed by atoms with E-state index in [1.165, 1.54) is 11.8 Å². The van der Waals surface area contributed by atoms with Crippen LogP contribution in [0, 0.1) is 23.7 Å². The fourth-order valence-corrected chi connectivity index (χ4v) is 4.66. The lowest BCUT2D eigenvalue weighted by atomic mass is 9.85. The van der Waals surface area contributed by atoms with Crippen LogP contribution < -0.4 is 0 Å². The molecular formula is C12H10N2O3S2. The summed E-state index contributed by atoms with van der Waals surface area (Å²) in [5, 5.41) is 2.11. The first kappa shape index (κ1) is 11.6. The molecule has 4 unspecified atom stereocenters. The number of thioether (sulfide) groups is 1. The number of allylic oxidation sites excluding steroid dienone is 2. The van der Waals surface area contributed by atoms with Crippen LogP contribution in [0.5, 0.6) is 0 Å². The van der Waals surface area contributed by atoms with Gasteiger partial charge in [-0.05, 0) is 18.3 Å². The lowest BCUT2D eigenvalue weighted by Gasteiger charge is -2.25. The van der Waals surface area contributed by atoms with Crippen LogP contribution in [0.2, 0.25) is 0 Å². The molecule has 7 heteroatoms. The summed E-state index contributed by atoms with van der Waals surface area (Å²) in [7, 11) is 0. The molecule has 0 radical (unpaired) electrons. The SMILES string of the molecule is O=C1CSC(=S)N1N1C(=O)C2C3C=CC(C3)C2C1=O. The fraction of sp³-hybridized carbons (Fsp3) is 0.500. The molecule has 2 bridgehead atoms. The molecule has 19 heavy (non-hydrogen) atoms. The maximum atomic E-state index is 12.5. The monoisotopic (exact) mass is 294 g/mol. The highest BCUT2D eigenvalue weighted by Crippen LogP contribution is 2.53. The highest BCUT2D eigenvalue weighted by molar-refractivity contribution is 8.23. The summed E-state index contributed by atoms with van der Waals surface area (Å²) >= 11 is 6.27. The van der Waals surface area contributed by atoms with E-state index >= 15 is 0 Å². The van der Waals surface area contributed by atoms with Crippen molar-refractivity contribution in [3.05, 3.63) is 12.2 Å². The number of thiocarbonyl (C=S) groups is 1. The maximum absolute atomic E-state index is 12.5. The van der Waals surface area contributed by atoms with Crippen LogP contribution in [0.1, 0.15) is 6.42 Å². The van der Waals surface area contributed by atoms with Gasteiger partial charge in [0, 0.05) is 0 Å². The molecule has 5 nitrogen and oxygen atoms in total. The van der Waals surface area contributed by atoms with E-state index in [-0.39, 0.29) is 47.1 Å². The second-order valence-corrected chi connectivity index (χ2v) is 6.86. The molecular weight excluding hydrogens is 284 g/mol. The normalized spacial score (nSPS) is 40.0. The van der Waals surface area contributed by atoms with Crippen molar-refractivity contribution in [2.45, 2.75) is 6.42 Å². The lowest BCUT2D eigenvalue weighted by Crippen LogP contribution is -2.50. The van der Waals surface area contributed by atoms with E-state index in [0.717, 1.165) is 16.4 Å². The van der Waals surface area contributed by atoms with Gasteiger partial charge in [0.05, 0.1) is 17.6 Å². The molecule has 0 N–H and O–H groups in total. The number of fused-ring (bicyclic) bond motifs is 5. The Labute approximate surface area is 118 Å². The van der Waals surface area contributed by atoms with Gasteiger partial charge in [-0.15, -0.1) is 0 Å². The van der Waals surface area contributed by atoms with E-state index in [2.05, 4.69) is 0 Å². The Balaban J connectivity index is 1.73. The quantitative estimate of drug-likeness (QED) is 0.402. The Morgan fingerprint density at radius 3 is 2.11 bits per heavy atom. The molecule has 1 saturated carbocycles. The van der Waals surface area contributed by atoms with Crippen molar-refractivity contribution in [1.29, 1.82) is 0 Å². The molecule has 4 atom stereocenters. The summed E-state index contributed by atoms with van der Waals surface area (Å²) in [6.45, 7) is 0. The number of hydrogen-bond acceptors (Lipinski definition) is 5. The molecule has 0 aromatic carbocycles. The first-order chi connectivity index (χ1) is 9.09. The maximum Gasteiger partial charge on any atom is 0.258 e. The molecule has 98 valence electrons. The van der Waals surface area contributed by atoms with Crippen molar-refractivity contribution in [1.82, 2.24) is 10.0 Å². The van der Waals surface area contributed by atoms with Gasteiger partial charge in [0.15, 0.2) is 4.32 Å². The molecule has 3 fully saturated rings. The molecule has 2 saturated heterocycles. The summed E-state index contributed by atoms with van der Waals surface area (Å²) in [6, 6.07) is 0. The summed E-state index contributed by atoms with van der Waals surface area (Å²) < 4.78 is 0.298. The molecule has 0 spiro atoms. The van der Waals surface area contributed by atoms with Gasteiger partial charge >= 0.3 is 0 Å². The average Bonchev–Trinajstić information content (AvgIpc) is 3.10. The zero-order valence-electron chi connectivity index (χ0n) is 9.81. The smallest absolute Gasteiger partial charge is 0.258 e. The van der Waals surface area contributed by atoms with Gasteiger partial charge in [0.2, 0.25) is 0 Å². The highest BCUT2D eigenvalue weighted by Gasteiger charge is 2.61. The molecule has 0 aromatic heterocycles. The van der Waals surface area contributed by atoms with Crippen molar-refractivity contribution in [3.63, 3.8) is 0 Å². The van der Waals surface area contributed by atoms with E-state index in [0.29, 0.717) is 4.32 Å². The second kappa shape index (κ2) is 3.67. The van der Waals surface area contributed by atoms with Crippen molar-refractivity contribution < 1.29 is 14.4 Å². The summed E-state index contributed by atoms with van der Waals surface area (Å²) in [6.07, 6.45) is 4.94. The number of carbonyl (C=O) groups excluding carboxylic acids is 3. The van der Waals surface area contributed by atoms with Crippen LogP contribution in [-0.4, -0.2) is 37.8 Å². The van der Waals surface area contributed by atoms with Gasteiger partial charge in [-0.25, -0.2) is 0 Å². The Bertz CT molecular complexity index is 527. The average molecular weight is 294 g/mol. The predicted molar refractivity (Wildman–Crippen MR) is 71.5 cm³/mol. The van der Waals surface area contributed by atoms with E-state index in [1.54, 1.807) is 0 Å². The van der Waals surface area contributed by atoms with Crippen molar-refractivity contribution in [2.75, 3.05) is 5.75 Å². The summed E-state index contributed by atoms with van der Waals surface area (Å²) in [5.74, 6) is -0.874. The predicted octanol–water partition coefficient (Wildman–Crippen LogP) is 0.569. The number of imide groups is 1. The standard InChI is InChI=1S/C12H10N2O3S2/c15-7-4-19-12(18)13(7)14-10(16)8-5-1-2-6(3-5)9(8)11(14)17/h1-2,5-6,8-9H,3-4H2. The van der Waals surface area contributed by atoms with Crippen LogP contribution in [-0.2, 0) is 14.4 Å². The van der Waals surface area contributed by atoms with Gasteiger partial charge in [0.1, 0.15) is 0 Å². The minimum absolute atomic E-state index is 0.148. The number of amides is 3. The van der Waals surface area contributed by atoms with Gasteiger partial charge < -0.3 is 0 Å². The molecule has 2 aliphatic carbocycles. The van der Waals surface area contributed by atoms with Crippen LogP contribution in [0.4, 0.5) is 0 Å². The lowest BCUT2D eigenvalue weighted by molar-refractivity contribution is -0.160. The summed E-state index contributed by atoms with van der Waals surface area (Å²) in [4.78, 5) is 36.8. The number of nitrogens with zero attached hydrogens (tertiary/aromatic N) is 2. The highest BCUT2D eigenvalue weighted by atomic mass is 32.2. The minimum Gasteiger partial charge on any atom is -0.272 e. The Kier molecular flexibility index (Phi) is 2.24. The molecule has 4 rings (SSSR count). The van der Waals surface area contributed by atoms with Crippen molar-refractivity contribution >= 4 is 46.0 Å². The number of rotatable bonds is 1. The molecule has 2 heterocycles. The van der Waals surface area contributed by atoms with Crippen LogP contribution >= 0.6 is 24.0 Å². The van der Waals surface area contributed by atoms with Crippen LogP contribution in [0.25, 0.3) is 0 Å². The largest absolute Gasteiger partial charge is 0.272 e. The Morgan fingerprint density at radius 2 is 1.63 bits per heavy atom. The van der Waals surface area contributed by atoms with Crippen LogP contribution in [0.3, 0.4) is 0 Å². The van der Waals surface area contributed by atoms with E-state index in [1.807, 2.05) is 12.2 Å². The molecule has 0 aromatic rings. The third-order valence-electron chi connectivity index (χ3n) is 4.38. The van der Waals surface area contributed by atoms with Gasteiger partial charge in [-0.2, -0.15) is 10.0 Å². The van der Waals surface area contributed by atoms with Gasteiger partial charge in [-0.1, -0.05) is 36.1 Å². The first-order valence-electron chi connectivity index (χ1n) is 6.15. The molecule has 3 amide bonds. The second-order valence-electron chi connectivity index (χ2n) is 5.25. The topological polar surface area (TPSA) is 57.7 Å². The molecule has 4 aliphatic rings. The third kappa shape index (κ3) is 1.32. The molecule has 2 aliphatic heterocycles. The number of hydrogen-bond donors (Lipinski definition) is 0. The Morgan fingerprint density at radius 1 is 1.05 bits per heavy atom. The zero-order chi connectivity index (χ0) is 13.3. The zero-order valence-corrected chi connectivity index (χ0v) is 11.4. The minimum atomic E-state index is -0.288. The first-order valence-corrected chi connectivity index (χ1v) is 7.54. The van der Waals surface area contributed by atoms with Crippen molar-refractivity contribution in [2.24, 2.45) is 23.7 Å².